The first-order valence-corrected chi connectivity index (χ1v) is 7.29. The smallest absolute Gasteiger partial charge is 0.345 e. The number of carboxylic acids is 1. The Morgan fingerprint density at radius 3 is 2.79 bits per heavy atom. The van der Waals surface area contributed by atoms with Gasteiger partial charge in [-0.05, 0) is 25.5 Å². The van der Waals surface area contributed by atoms with Gasteiger partial charge in [0.15, 0.2) is 5.16 Å². The lowest BCUT2D eigenvalue weighted by Gasteiger charge is -2.01. The van der Waals surface area contributed by atoms with Crippen LogP contribution in [0.1, 0.15) is 25.8 Å². The van der Waals surface area contributed by atoms with Crippen LogP contribution in [0.3, 0.4) is 0 Å². The number of H-pyrrole nitrogens is 1. The van der Waals surface area contributed by atoms with Crippen LogP contribution in [-0.4, -0.2) is 21.0 Å². The molecule has 2 rings (SSSR count). The molecule has 2 aromatic heterocycles. The highest BCUT2D eigenvalue weighted by atomic mass is 32.2. The van der Waals surface area contributed by atoms with Gasteiger partial charge in [-0.25, -0.2) is 9.78 Å². The van der Waals surface area contributed by atoms with E-state index in [1.807, 2.05) is 6.92 Å². The van der Waals surface area contributed by atoms with Crippen LogP contribution in [0.4, 0.5) is 0 Å². The number of thioether (sulfide) groups is 1. The van der Waals surface area contributed by atoms with Crippen LogP contribution in [-0.2, 0) is 5.75 Å². The van der Waals surface area contributed by atoms with E-state index in [2.05, 4.69) is 9.97 Å². The fourth-order valence-corrected chi connectivity index (χ4v) is 3.48. The first kappa shape index (κ1) is 13.8. The molecule has 0 aliphatic heterocycles. The minimum atomic E-state index is -0.911. The summed E-state index contributed by atoms with van der Waals surface area (Å²) in [5.41, 5.74) is 1.44. The van der Waals surface area contributed by atoms with Crippen molar-refractivity contribution in [3.63, 3.8) is 0 Å². The van der Waals surface area contributed by atoms with Crippen LogP contribution in [0.15, 0.2) is 22.1 Å². The maximum atomic E-state index is 11.3. The van der Waals surface area contributed by atoms with Crippen LogP contribution in [0, 0.1) is 13.8 Å². The molecular weight excluding hydrogens is 284 g/mol. The Balaban J connectivity index is 2.14. The topological polar surface area (TPSA) is 83.0 Å². The molecule has 0 saturated heterocycles. The van der Waals surface area contributed by atoms with E-state index >= 15 is 0 Å². The highest BCUT2D eigenvalue weighted by Crippen LogP contribution is 2.27. The maximum Gasteiger partial charge on any atom is 0.345 e. The largest absolute Gasteiger partial charge is 0.477 e. The van der Waals surface area contributed by atoms with Crippen molar-refractivity contribution in [1.82, 2.24) is 9.97 Å². The van der Waals surface area contributed by atoms with Gasteiger partial charge in [-0.1, -0.05) is 11.8 Å². The number of nitrogens with zero attached hydrogens (tertiary/aromatic N) is 1. The molecule has 19 heavy (non-hydrogen) atoms. The van der Waals surface area contributed by atoms with Gasteiger partial charge in [0.05, 0.1) is 0 Å². The molecular formula is C12H12N2O3S2. The van der Waals surface area contributed by atoms with Gasteiger partial charge in [-0.15, -0.1) is 11.3 Å². The van der Waals surface area contributed by atoms with E-state index in [-0.39, 0.29) is 5.56 Å². The first-order valence-electron chi connectivity index (χ1n) is 5.49. The lowest BCUT2D eigenvalue weighted by molar-refractivity contribution is 0.0702. The molecule has 0 aliphatic carbocycles. The maximum absolute atomic E-state index is 11.3. The Morgan fingerprint density at radius 1 is 1.47 bits per heavy atom. The molecule has 0 aromatic carbocycles. The lowest BCUT2D eigenvalue weighted by atomic mass is 10.3. The molecule has 5 nitrogen and oxygen atoms in total. The number of thiophene rings is 1. The summed E-state index contributed by atoms with van der Waals surface area (Å²) in [4.78, 5) is 30.3. The van der Waals surface area contributed by atoms with E-state index < -0.39 is 5.97 Å². The number of aromatic amines is 1. The monoisotopic (exact) mass is 296 g/mol. The summed E-state index contributed by atoms with van der Waals surface area (Å²) in [5, 5.41) is 9.47. The van der Waals surface area contributed by atoms with Crippen LogP contribution >= 0.6 is 23.1 Å². The Morgan fingerprint density at radius 2 is 2.21 bits per heavy atom. The van der Waals surface area contributed by atoms with Crippen molar-refractivity contribution in [3.05, 3.63) is 43.5 Å². The molecule has 0 fully saturated rings. The van der Waals surface area contributed by atoms with Crippen molar-refractivity contribution < 1.29 is 9.90 Å². The number of aromatic nitrogens is 2. The number of hydrogen-bond acceptors (Lipinski definition) is 5. The molecule has 0 radical (unpaired) electrons. The molecule has 2 aromatic rings. The van der Waals surface area contributed by atoms with E-state index in [0.717, 1.165) is 10.4 Å². The van der Waals surface area contributed by atoms with Crippen LogP contribution < -0.4 is 5.56 Å². The predicted octanol–water partition coefficient (Wildman–Crippen LogP) is 2.44. The molecule has 0 saturated carbocycles. The molecule has 0 amide bonds. The van der Waals surface area contributed by atoms with Gasteiger partial charge in [0, 0.05) is 22.4 Å². The number of rotatable bonds is 4. The van der Waals surface area contributed by atoms with Gasteiger partial charge in [-0.3, -0.25) is 4.79 Å². The minimum Gasteiger partial charge on any atom is -0.477 e. The van der Waals surface area contributed by atoms with E-state index in [4.69, 9.17) is 5.11 Å². The quantitative estimate of drug-likeness (QED) is 0.669. The molecule has 2 N–H and O–H groups in total. The van der Waals surface area contributed by atoms with Crippen molar-refractivity contribution in [2.45, 2.75) is 24.8 Å². The van der Waals surface area contributed by atoms with Crippen molar-refractivity contribution in [3.8, 4) is 0 Å². The second kappa shape index (κ2) is 5.58. The molecule has 7 heteroatoms. The Hall–Kier alpha value is -1.60. The Kier molecular flexibility index (Phi) is 4.06. The highest BCUT2D eigenvalue weighted by Gasteiger charge is 2.11. The Labute approximate surface area is 117 Å². The van der Waals surface area contributed by atoms with Crippen molar-refractivity contribution in [2.24, 2.45) is 0 Å². The number of carboxylic acid groups (broad SMARTS) is 1. The molecule has 0 unspecified atom stereocenters. The van der Waals surface area contributed by atoms with Gasteiger partial charge in [0.1, 0.15) is 4.88 Å². The molecule has 0 bridgehead atoms. The SMILES string of the molecule is Cc1cc(=O)[nH]c(SCc2cc(C(=O)O)sc2C)n1. The summed E-state index contributed by atoms with van der Waals surface area (Å²) in [6.07, 6.45) is 0. The van der Waals surface area contributed by atoms with Gasteiger partial charge < -0.3 is 10.1 Å². The third-order valence-corrected chi connectivity index (χ3v) is 4.45. The standard InChI is InChI=1S/C12H12N2O3S2/c1-6-3-10(15)14-12(13-6)18-5-8-4-9(11(16)17)19-7(8)2/h3-4H,5H2,1-2H3,(H,16,17)(H,13,14,15). The van der Waals surface area contributed by atoms with E-state index in [0.29, 0.717) is 21.5 Å². The second-order valence-electron chi connectivity index (χ2n) is 3.98. The normalized spacial score (nSPS) is 10.6. The van der Waals surface area contributed by atoms with E-state index in [9.17, 15) is 9.59 Å². The molecule has 2 heterocycles. The number of hydrogen-bond donors (Lipinski definition) is 2. The van der Waals surface area contributed by atoms with Crippen molar-refractivity contribution in [2.75, 3.05) is 0 Å². The predicted molar refractivity (Wildman–Crippen MR) is 75.2 cm³/mol. The summed E-state index contributed by atoms with van der Waals surface area (Å²) in [5.74, 6) is -0.325. The fourth-order valence-electron chi connectivity index (χ4n) is 1.53. The zero-order valence-corrected chi connectivity index (χ0v) is 12.0. The summed E-state index contributed by atoms with van der Waals surface area (Å²) in [7, 11) is 0. The highest BCUT2D eigenvalue weighted by molar-refractivity contribution is 7.98. The van der Waals surface area contributed by atoms with Crippen LogP contribution in [0.25, 0.3) is 0 Å². The second-order valence-corrected chi connectivity index (χ2v) is 6.20. The van der Waals surface area contributed by atoms with Gasteiger partial charge in [0.25, 0.3) is 5.56 Å². The summed E-state index contributed by atoms with van der Waals surface area (Å²) in [6, 6.07) is 3.10. The third-order valence-electron chi connectivity index (χ3n) is 2.44. The summed E-state index contributed by atoms with van der Waals surface area (Å²) in [6.45, 7) is 3.65. The van der Waals surface area contributed by atoms with Gasteiger partial charge >= 0.3 is 5.97 Å². The van der Waals surface area contributed by atoms with E-state index in [1.54, 1.807) is 13.0 Å². The molecule has 0 aliphatic rings. The number of nitrogens with one attached hydrogen (secondary N) is 1. The first-order chi connectivity index (χ1) is 8.95. The van der Waals surface area contributed by atoms with Crippen LogP contribution in [0.5, 0.6) is 0 Å². The molecule has 100 valence electrons. The lowest BCUT2D eigenvalue weighted by Crippen LogP contribution is -2.08. The van der Waals surface area contributed by atoms with Gasteiger partial charge in [-0.2, -0.15) is 0 Å². The third kappa shape index (κ3) is 3.45. The zero-order valence-electron chi connectivity index (χ0n) is 10.4. The number of carbonyl (C=O) groups is 1. The zero-order chi connectivity index (χ0) is 14.0. The Bertz CT molecular complexity index is 676. The average molecular weight is 296 g/mol. The average Bonchev–Trinajstić information content (AvgIpc) is 2.67. The minimum absolute atomic E-state index is 0.178. The van der Waals surface area contributed by atoms with Crippen molar-refractivity contribution >= 4 is 29.1 Å². The summed E-state index contributed by atoms with van der Waals surface area (Å²) >= 11 is 2.65. The number of aromatic carboxylic acids is 1. The molecule has 0 spiro atoms. The molecule has 0 atom stereocenters. The van der Waals surface area contributed by atoms with Gasteiger partial charge in [0.2, 0.25) is 0 Å². The van der Waals surface area contributed by atoms with Crippen molar-refractivity contribution in [1.29, 1.82) is 0 Å². The fraction of sp³-hybridized carbons (Fsp3) is 0.250. The number of aryl methyl sites for hydroxylation is 2. The van der Waals surface area contributed by atoms with Crippen LogP contribution in [0.2, 0.25) is 0 Å². The van der Waals surface area contributed by atoms with E-state index in [1.165, 1.54) is 29.2 Å². The summed E-state index contributed by atoms with van der Waals surface area (Å²) < 4.78 is 0.